The Hall–Kier alpha value is -2.89. The highest BCUT2D eigenvalue weighted by Crippen LogP contribution is 2.22. The monoisotopic (exact) mass is 424 g/mol. The number of hydrogen-bond acceptors (Lipinski definition) is 3. The van der Waals surface area contributed by atoms with Crippen molar-refractivity contribution in [1.29, 1.82) is 0 Å². The van der Waals surface area contributed by atoms with Gasteiger partial charge in [-0.25, -0.2) is 0 Å². The Bertz CT molecular complexity index is 992. The third-order valence-corrected chi connectivity index (χ3v) is 4.98. The van der Waals surface area contributed by atoms with Gasteiger partial charge in [0.1, 0.15) is 5.75 Å². The second-order valence-electron chi connectivity index (χ2n) is 6.43. The van der Waals surface area contributed by atoms with Gasteiger partial charge < -0.3 is 10.1 Å². The van der Waals surface area contributed by atoms with Crippen LogP contribution in [0, 0.1) is 6.92 Å². The fourth-order valence-corrected chi connectivity index (χ4v) is 3.08. The minimum Gasteiger partial charge on any atom is -0.493 e. The standard InChI is InChI=1S/C23H21ClN2O2S/c1-16-20(24)8-5-9-21(16)25-23(29)26-22(27)18-10-12-19(13-11-18)28-15-14-17-6-3-2-4-7-17/h2-13H,14-15H2,1H3,(H2,25,26,27,29). The average molecular weight is 425 g/mol. The van der Waals surface area contributed by atoms with Gasteiger partial charge in [0.05, 0.1) is 6.61 Å². The molecule has 29 heavy (non-hydrogen) atoms. The van der Waals surface area contributed by atoms with E-state index >= 15 is 0 Å². The number of amides is 1. The number of carbonyl (C=O) groups is 1. The van der Waals surface area contributed by atoms with Crippen LogP contribution in [0.3, 0.4) is 0 Å². The van der Waals surface area contributed by atoms with Gasteiger partial charge >= 0.3 is 0 Å². The van der Waals surface area contributed by atoms with E-state index in [1.54, 1.807) is 30.3 Å². The SMILES string of the molecule is Cc1c(Cl)cccc1NC(=S)NC(=O)c1ccc(OCCc2ccccc2)cc1. The molecule has 4 nitrogen and oxygen atoms in total. The van der Waals surface area contributed by atoms with E-state index in [9.17, 15) is 4.79 Å². The van der Waals surface area contributed by atoms with Crippen LogP contribution in [-0.4, -0.2) is 17.6 Å². The van der Waals surface area contributed by atoms with Crippen LogP contribution in [0.1, 0.15) is 21.5 Å². The lowest BCUT2D eigenvalue weighted by molar-refractivity contribution is 0.0977. The Morgan fingerprint density at radius 2 is 1.72 bits per heavy atom. The number of hydrogen-bond donors (Lipinski definition) is 2. The molecular weight excluding hydrogens is 404 g/mol. The largest absolute Gasteiger partial charge is 0.493 e. The van der Waals surface area contributed by atoms with Crippen molar-refractivity contribution in [1.82, 2.24) is 5.32 Å². The summed E-state index contributed by atoms with van der Waals surface area (Å²) in [5.74, 6) is 0.422. The Morgan fingerprint density at radius 1 is 1.00 bits per heavy atom. The minimum atomic E-state index is -0.294. The summed E-state index contributed by atoms with van der Waals surface area (Å²) in [4.78, 5) is 12.4. The van der Waals surface area contributed by atoms with E-state index in [4.69, 9.17) is 28.6 Å². The summed E-state index contributed by atoms with van der Waals surface area (Å²) >= 11 is 11.3. The maximum absolute atomic E-state index is 12.4. The highest BCUT2D eigenvalue weighted by Gasteiger charge is 2.10. The molecule has 3 rings (SSSR count). The highest BCUT2D eigenvalue weighted by atomic mass is 35.5. The van der Waals surface area contributed by atoms with Crippen molar-refractivity contribution in [2.45, 2.75) is 13.3 Å². The van der Waals surface area contributed by atoms with E-state index < -0.39 is 0 Å². The molecule has 6 heteroatoms. The first kappa shape index (κ1) is 20.8. The maximum atomic E-state index is 12.4. The third kappa shape index (κ3) is 6.04. The van der Waals surface area contributed by atoms with E-state index in [2.05, 4.69) is 22.8 Å². The minimum absolute atomic E-state index is 0.212. The summed E-state index contributed by atoms with van der Waals surface area (Å²) in [6.45, 7) is 2.45. The summed E-state index contributed by atoms with van der Waals surface area (Å²) < 4.78 is 5.75. The quantitative estimate of drug-likeness (QED) is 0.520. The number of carbonyl (C=O) groups excluding carboxylic acids is 1. The summed E-state index contributed by atoms with van der Waals surface area (Å²) in [6.07, 6.45) is 0.825. The van der Waals surface area contributed by atoms with Crippen LogP contribution in [-0.2, 0) is 6.42 Å². The van der Waals surface area contributed by atoms with Gasteiger partial charge in [-0.2, -0.15) is 0 Å². The zero-order valence-electron chi connectivity index (χ0n) is 15.9. The average Bonchev–Trinajstić information content (AvgIpc) is 2.72. The number of halogens is 1. The molecule has 0 atom stereocenters. The molecule has 0 spiro atoms. The van der Waals surface area contributed by atoms with Crippen LogP contribution >= 0.6 is 23.8 Å². The predicted molar refractivity (Wildman–Crippen MR) is 122 cm³/mol. The fraction of sp³-hybridized carbons (Fsp3) is 0.130. The van der Waals surface area contributed by atoms with Gasteiger partial charge in [-0.1, -0.05) is 48.0 Å². The molecule has 0 saturated heterocycles. The Morgan fingerprint density at radius 3 is 2.45 bits per heavy atom. The van der Waals surface area contributed by atoms with Crippen molar-refractivity contribution >= 4 is 40.5 Å². The molecule has 0 aliphatic carbocycles. The van der Waals surface area contributed by atoms with Crippen LogP contribution < -0.4 is 15.4 Å². The van der Waals surface area contributed by atoms with Crippen molar-refractivity contribution in [2.24, 2.45) is 0 Å². The normalized spacial score (nSPS) is 10.3. The summed E-state index contributed by atoms with van der Waals surface area (Å²) in [5, 5.41) is 6.51. The number of rotatable bonds is 6. The van der Waals surface area contributed by atoms with E-state index in [-0.39, 0.29) is 11.0 Å². The van der Waals surface area contributed by atoms with Gasteiger partial charge in [0.25, 0.3) is 5.91 Å². The Labute approximate surface area is 180 Å². The summed E-state index contributed by atoms with van der Waals surface area (Å²) in [6, 6.07) is 22.6. The first-order chi connectivity index (χ1) is 14.0. The zero-order valence-corrected chi connectivity index (χ0v) is 17.5. The van der Waals surface area contributed by atoms with Crippen LogP contribution in [0.4, 0.5) is 5.69 Å². The van der Waals surface area contributed by atoms with Crippen LogP contribution in [0.5, 0.6) is 5.75 Å². The first-order valence-corrected chi connectivity index (χ1v) is 9.96. The van der Waals surface area contributed by atoms with E-state index in [0.29, 0.717) is 22.9 Å². The number of ether oxygens (including phenoxy) is 1. The van der Waals surface area contributed by atoms with Crippen molar-refractivity contribution in [3.8, 4) is 5.75 Å². The first-order valence-electron chi connectivity index (χ1n) is 9.17. The lowest BCUT2D eigenvalue weighted by atomic mass is 10.2. The number of nitrogens with one attached hydrogen (secondary N) is 2. The lowest BCUT2D eigenvalue weighted by Crippen LogP contribution is -2.34. The van der Waals surface area contributed by atoms with E-state index in [1.807, 2.05) is 37.3 Å². The second-order valence-corrected chi connectivity index (χ2v) is 7.24. The van der Waals surface area contributed by atoms with Crippen molar-refractivity contribution in [2.75, 3.05) is 11.9 Å². The van der Waals surface area contributed by atoms with Gasteiger partial charge in [0, 0.05) is 22.7 Å². The molecule has 3 aromatic rings. The lowest BCUT2D eigenvalue weighted by Gasteiger charge is -2.12. The van der Waals surface area contributed by atoms with Crippen LogP contribution in [0.2, 0.25) is 5.02 Å². The van der Waals surface area contributed by atoms with Gasteiger partial charge in [0.15, 0.2) is 5.11 Å². The molecule has 0 bridgehead atoms. The van der Waals surface area contributed by atoms with Crippen LogP contribution in [0.15, 0.2) is 72.8 Å². The molecule has 0 radical (unpaired) electrons. The molecule has 3 aromatic carbocycles. The van der Waals surface area contributed by atoms with E-state index in [0.717, 1.165) is 17.7 Å². The fourth-order valence-electron chi connectivity index (χ4n) is 2.71. The smallest absolute Gasteiger partial charge is 0.257 e. The molecule has 0 aromatic heterocycles. The third-order valence-electron chi connectivity index (χ3n) is 4.36. The van der Waals surface area contributed by atoms with Gasteiger partial charge in [-0.15, -0.1) is 0 Å². The van der Waals surface area contributed by atoms with Crippen molar-refractivity contribution in [3.05, 3.63) is 94.5 Å². The topological polar surface area (TPSA) is 50.4 Å². The van der Waals surface area contributed by atoms with Gasteiger partial charge in [-0.3, -0.25) is 10.1 Å². The molecule has 0 aliphatic heterocycles. The van der Waals surface area contributed by atoms with Crippen LogP contribution in [0.25, 0.3) is 0 Å². The molecular formula is C23H21ClN2O2S. The molecule has 0 fully saturated rings. The molecule has 2 N–H and O–H groups in total. The maximum Gasteiger partial charge on any atom is 0.257 e. The van der Waals surface area contributed by atoms with Gasteiger partial charge in [0.2, 0.25) is 0 Å². The van der Waals surface area contributed by atoms with E-state index in [1.165, 1.54) is 5.56 Å². The molecule has 0 aliphatic rings. The summed E-state index contributed by atoms with van der Waals surface area (Å²) in [7, 11) is 0. The summed E-state index contributed by atoms with van der Waals surface area (Å²) in [5.41, 5.74) is 3.33. The highest BCUT2D eigenvalue weighted by molar-refractivity contribution is 7.80. The Balaban J connectivity index is 1.50. The number of benzene rings is 3. The Kier molecular flexibility index (Phi) is 7.22. The molecule has 148 valence electrons. The molecule has 0 saturated carbocycles. The number of thiocarbonyl (C=S) groups is 1. The van der Waals surface area contributed by atoms with Gasteiger partial charge in [-0.05, 0) is 66.7 Å². The predicted octanol–water partition coefficient (Wildman–Crippen LogP) is 5.40. The number of anilines is 1. The molecule has 0 heterocycles. The van der Waals surface area contributed by atoms with Crippen molar-refractivity contribution in [3.63, 3.8) is 0 Å². The molecule has 1 amide bonds. The second kappa shape index (κ2) is 10.0. The van der Waals surface area contributed by atoms with Crippen molar-refractivity contribution < 1.29 is 9.53 Å². The zero-order chi connectivity index (χ0) is 20.6. The molecule has 0 unspecified atom stereocenters.